The van der Waals surface area contributed by atoms with Gasteiger partial charge in [-0.3, -0.25) is 4.90 Å². The fraction of sp³-hybridized carbons (Fsp3) is 0.765. The van der Waals surface area contributed by atoms with E-state index in [2.05, 4.69) is 37.1 Å². The highest BCUT2D eigenvalue weighted by Gasteiger charge is 2.35. The van der Waals surface area contributed by atoms with Gasteiger partial charge in [-0.2, -0.15) is 0 Å². The van der Waals surface area contributed by atoms with Crippen LogP contribution in [0.1, 0.15) is 50.1 Å². The first kappa shape index (κ1) is 14.6. The van der Waals surface area contributed by atoms with Gasteiger partial charge in [0.15, 0.2) is 0 Å². The van der Waals surface area contributed by atoms with Crippen LogP contribution in [0.2, 0.25) is 0 Å². The maximum absolute atomic E-state index is 6.47. The van der Waals surface area contributed by atoms with Gasteiger partial charge in [-0.25, -0.2) is 0 Å². The number of fused-ring (bicyclic) bond motifs is 1. The van der Waals surface area contributed by atoms with Crippen molar-refractivity contribution in [1.29, 1.82) is 0 Å². The number of hydrogen-bond donors (Lipinski definition) is 1. The third kappa shape index (κ3) is 2.68. The summed E-state index contributed by atoms with van der Waals surface area (Å²) in [7, 11) is 0. The summed E-state index contributed by atoms with van der Waals surface area (Å²) in [6, 6.07) is 3.29. The lowest BCUT2D eigenvalue weighted by Gasteiger charge is -2.43. The minimum Gasteiger partial charge on any atom is -0.327 e. The molecule has 0 saturated heterocycles. The third-order valence-electron chi connectivity index (χ3n) is 5.58. The van der Waals surface area contributed by atoms with E-state index in [0.717, 1.165) is 11.8 Å². The second kappa shape index (κ2) is 5.78. The number of nitrogens with zero attached hydrogens (tertiary/aromatic N) is 1. The summed E-state index contributed by atoms with van der Waals surface area (Å²) in [6.45, 7) is 9.52. The van der Waals surface area contributed by atoms with Crippen LogP contribution >= 0.6 is 11.3 Å². The molecular weight excluding hydrogens is 264 g/mol. The molecule has 2 heterocycles. The van der Waals surface area contributed by atoms with E-state index in [1.54, 1.807) is 10.4 Å². The molecule has 5 atom stereocenters. The number of rotatable bonds is 2. The Hall–Kier alpha value is -0.380. The van der Waals surface area contributed by atoms with Gasteiger partial charge in [-0.1, -0.05) is 13.8 Å². The van der Waals surface area contributed by atoms with Crippen molar-refractivity contribution in [3.8, 4) is 0 Å². The minimum atomic E-state index is 0.393. The molecule has 3 heteroatoms. The molecule has 1 aromatic heterocycles. The molecule has 20 heavy (non-hydrogen) atoms. The minimum absolute atomic E-state index is 0.393. The Morgan fingerprint density at radius 3 is 2.85 bits per heavy atom. The molecule has 0 aromatic carbocycles. The predicted molar refractivity (Wildman–Crippen MR) is 87.0 cm³/mol. The van der Waals surface area contributed by atoms with Crippen LogP contribution in [0.15, 0.2) is 11.4 Å². The monoisotopic (exact) mass is 292 g/mol. The SMILES string of the molecule is CC1CC(C)C(CN2CCc3sccc3C2C)C(N)C1. The van der Waals surface area contributed by atoms with Gasteiger partial charge < -0.3 is 5.73 Å². The van der Waals surface area contributed by atoms with Crippen LogP contribution in [0.5, 0.6) is 0 Å². The van der Waals surface area contributed by atoms with Crippen LogP contribution in [0, 0.1) is 17.8 Å². The number of hydrogen-bond acceptors (Lipinski definition) is 3. The Morgan fingerprint density at radius 1 is 1.30 bits per heavy atom. The largest absolute Gasteiger partial charge is 0.327 e. The zero-order valence-electron chi connectivity index (χ0n) is 13.0. The predicted octanol–water partition coefficient (Wildman–Crippen LogP) is 3.68. The Kier molecular flexibility index (Phi) is 4.21. The van der Waals surface area contributed by atoms with Crippen LogP contribution in [0.3, 0.4) is 0 Å². The highest BCUT2D eigenvalue weighted by Crippen LogP contribution is 2.37. The second-order valence-corrected chi connectivity index (χ2v) is 8.10. The fourth-order valence-corrected chi connectivity index (χ4v) is 5.33. The number of nitrogens with two attached hydrogens (primary N) is 1. The first-order chi connectivity index (χ1) is 9.56. The third-order valence-corrected chi connectivity index (χ3v) is 6.58. The van der Waals surface area contributed by atoms with Gasteiger partial charge in [-0.15, -0.1) is 11.3 Å². The highest BCUT2D eigenvalue weighted by atomic mass is 32.1. The van der Waals surface area contributed by atoms with E-state index in [-0.39, 0.29) is 0 Å². The Bertz CT molecular complexity index is 444. The summed E-state index contributed by atoms with van der Waals surface area (Å²) < 4.78 is 0. The molecule has 2 nitrogen and oxygen atoms in total. The Morgan fingerprint density at radius 2 is 2.10 bits per heavy atom. The van der Waals surface area contributed by atoms with Crippen molar-refractivity contribution in [1.82, 2.24) is 4.90 Å². The normalized spacial score (nSPS) is 38.7. The van der Waals surface area contributed by atoms with Crippen LogP contribution in [0.25, 0.3) is 0 Å². The summed E-state index contributed by atoms with van der Waals surface area (Å²) in [5.41, 5.74) is 8.03. The molecule has 0 spiro atoms. The molecule has 1 fully saturated rings. The van der Waals surface area contributed by atoms with Crippen LogP contribution in [-0.2, 0) is 6.42 Å². The van der Waals surface area contributed by atoms with E-state index in [4.69, 9.17) is 5.73 Å². The maximum Gasteiger partial charge on any atom is 0.0331 e. The molecule has 2 aliphatic rings. The molecule has 5 unspecified atom stereocenters. The topological polar surface area (TPSA) is 29.3 Å². The van der Waals surface area contributed by atoms with Crippen LogP contribution < -0.4 is 5.73 Å². The summed E-state index contributed by atoms with van der Waals surface area (Å²) >= 11 is 1.93. The van der Waals surface area contributed by atoms with Crippen molar-refractivity contribution in [2.45, 2.75) is 52.1 Å². The molecule has 1 aliphatic carbocycles. The first-order valence-corrected chi connectivity index (χ1v) is 9.00. The molecule has 1 saturated carbocycles. The molecule has 2 N–H and O–H groups in total. The standard InChI is InChI=1S/C17H28N2S/c1-11-8-12(2)15(16(18)9-11)10-19-6-4-17-14(13(19)3)5-7-20-17/h5,7,11-13,15-16H,4,6,8-10,18H2,1-3H3. The lowest BCUT2D eigenvalue weighted by atomic mass is 9.72. The quantitative estimate of drug-likeness (QED) is 0.901. The van der Waals surface area contributed by atoms with E-state index in [0.29, 0.717) is 18.0 Å². The lowest BCUT2D eigenvalue weighted by Crippen LogP contribution is -2.48. The summed E-state index contributed by atoms with van der Waals surface area (Å²) in [4.78, 5) is 4.27. The van der Waals surface area contributed by atoms with Gasteiger partial charge in [0.2, 0.25) is 0 Å². The smallest absolute Gasteiger partial charge is 0.0331 e. The van der Waals surface area contributed by atoms with Gasteiger partial charge in [-0.05, 0) is 60.9 Å². The van der Waals surface area contributed by atoms with Crippen LogP contribution in [-0.4, -0.2) is 24.0 Å². The van der Waals surface area contributed by atoms with Gasteiger partial charge in [0, 0.05) is 30.1 Å². The molecule has 1 aliphatic heterocycles. The molecule has 112 valence electrons. The van der Waals surface area contributed by atoms with Gasteiger partial charge >= 0.3 is 0 Å². The van der Waals surface area contributed by atoms with E-state index in [1.807, 2.05) is 11.3 Å². The molecule has 3 rings (SSSR count). The Balaban J connectivity index is 1.69. The average molecular weight is 292 g/mol. The summed E-state index contributed by atoms with van der Waals surface area (Å²) in [5.74, 6) is 2.25. The fourth-order valence-electron chi connectivity index (χ4n) is 4.36. The molecule has 0 amide bonds. The van der Waals surface area contributed by atoms with Crippen molar-refractivity contribution in [3.63, 3.8) is 0 Å². The van der Waals surface area contributed by atoms with E-state index in [1.165, 1.54) is 32.4 Å². The van der Waals surface area contributed by atoms with E-state index >= 15 is 0 Å². The van der Waals surface area contributed by atoms with Gasteiger partial charge in [0.1, 0.15) is 0 Å². The maximum atomic E-state index is 6.47. The summed E-state index contributed by atoms with van der Waals surface area (Å²) in [6.07, 6.45) is 3.79. The average Bonchev–Trinajstić information content (AvgIpc) is 2.85. The summed E-state index contributed by atoms with van der Waals surface area (Å²) in [5, 5.41) is 2.25. The zero-order valence-corrected chi connectivity index (χ0v) is 13.8. The molecular formula is C17H28N2S. The number of thiophene rings is 1. The van der Waals surface area contributed by atoms with Crippen molar-refractivity contribution in [3.05, 3.63) is 21.9 Å². The van der Waals surface area contributed by atoms with Crippen molar-refractivity contribution in [2.75, 3.05) is 13.1 Å². The van der Waals surface area contributed by atoms with Crippen molar-refractivity contribution in [2.24, 2.45) is 23.5 Å². The Labute approximate surface area is 127 Å². The highest BCUT2D eigenvalue weighted by molar-refractivity contribution is 7.10. The van der Waals surface area contributed by atoms with E-state index in [9.17, 15) is 0 Å². The van der Waals surface area contributed by atoms with Crippen molar-refractivity contribution < 1.29 is 0 Å². The second-order valence-electron chi connectivity index (χ2n) is 7.10. The van der Waals surface area contributed by atoms with Crippen molar-refractivity contribution >= 4 is 11.3 Å². The molecule has 0 bridgehead atoms. The van der Waals surface area contributed by atoms with Gasteiger partial charge in [0.05, 0.1) is 0 Å². The first-order valence-electron chi connectivity index (χ1n) is 8.12. The molecule has 1 aromatic rings. The van der Waals surface area contributed by atoms with Gasteiger partial charge in [0.25, 0.3) is 0 Å². The zero-order chi connectivity index (χ0) is 14.3. The molecule has 0 radical (unpaired) electrons. The lowest BCUT2D eigenvalue weighted by molar-refractivity contribution is 0.0928. The van der Waals surface area contributed by atoms with E-state index < -0.39 is 0 Å². The van der Waals surface area contributed by atoms with Crippen LogP contribution in [0.4, 0.5) is 0 Å².